The van der Waals surface area contributed by atoms with Crippen LogP contribution < -0.4 is 5.73 Å². The first kappa shape index (κ1) is 8.51. The van der Waals surface area contributed by atoms with Crippen LogP contribution in [0.5, 0.6) is 0 Å². The Morgan fingerprint density at radius 2 is 2.46 bits per heavy atom. The molecule has 0 amide bonds. The van der Waals surface area contributed by atoms with Gasteiger partial charge in [0.25, 0.3) is 0 Å². The number of hydrogen-bond acceptors (Lipinski definition) is 3. The minimum Gasteiger partial charge on any atom is -0.331 e. The lowest BCUT2D eigenvalue weighted by Gasteiger charge is -2.18. The predicted octanol–water partition coefficient (Wildman–Crippen LogP) is 0.890. The number of fused-ring (bicyclic) bond motifs is 1. The van der Waals surface area contributed by atoms with Crippen LogP contribution in [0.2, 0.25) is 0 Å². The Morgan fingerprint density at radius 3 is 3.15 bits per heavy atom. The van der Waals surface area contributed by atoms with Crippen molar-refractivity contribution in [1.29, 1.82) is 0 Å². The number of rotatable bonds is 1. The van der Waals surface area contributed by atoms with Gasteiger partial charge in [0, 0.05) is 18.8 Å². The van der Waals surface area contributed by atoms with Gasteiger partial charge in [-0.2, -0.15) is 0 Å². The topological polar surface area (TPSA) is 41.6 Å². The van der Waals surface area contributed by atoms with E-state index in [0.29, 0.717) is 0 Å². The lowest BCUT2D eigenvalue weighted by Crippen LogP contribution is -2.34. The second-order valence-corrected chi connectivity index (χ2v) is 3.77. The van der Waals surface area contributed by atoms with E-state index in [4.69, 9.17) is 5.73 Å². The van der Waals surface area contributed by atoms with Crippen LogP contribution in [-0.2, 0) is 0 Å². The van der Waals surface area contributed by atoms with Gasteiger partial charge in [-0.05, 0) is 31.6 Å². The summed E-state index contributed by atoms with van der Waals surface area (Å²) in [6.07, 6.45) is 6.28. The van der Waals surface area contributed by atoms with E-state index in [2.05, 4.69) is 35.2 Å². The van der Waals surface area contributed by atoms with Crippen LogP contribution >= 0.6 is 0 Å². The lowest BCUT2D eigenvalue weighted by atomic mass is 10.1. The summed E-state index contributed by atoms with van der Waals surface area (Å²) in [7, 11) is 0. The molecule has 0 bridgehead atoms. The van der Waals surface area contributed by atoms with Gasteiger partial charge in [0.1, 0.15) is 5.84 Å². The monoisotopic (exact) mass is 177 g/mol. The van der Waals surface area contributed by atoms with E-state index in [1.807, 2.05) is 6.92 Å². The van der Waals surface area contributed by atoms with Crippen LogP contribution in [-0.4, -0.2) is 29.4 Å². The average molecular weight is 177 g/mol. The van der Waals surface area contributed by atoms with E-state index in [1.165, 1.54) is 5.57 Å². The summed E-state index contributed by atoms with van der Waals surface area (Å²) in [6.45, 7) is 5.01. The third-order valence-electron chi connectivity index (χ3n) is 2.46. The predicted molar refractivity (Wildman–Crippen MR) is 54.5 cm³/mol. The molecule has 3 heteroatoms. The first-order valence-corrected chi connectivity index (χ1v) is 4.63. The molecule has 2 heterocycles. The Balaban J connectivity index is 2.21. The molecule has 2 N–H and O–H groups in total. The third-order valence-corrected chi connectivity index (χ3v) is 2.46. The van der Waals surface area contributed by atoms with Crippen molar-refractivity contribution in [3.63, 3.8) is 0 Å². The molecular formula is C10H15N3. The van der Waals surface area contributed by atoms with Gasteiger partial charge in [0.15, 0.2) is 0 Å². The molecule has 2 atom stereocenters. The molecule has 0 aromatic heterocycles. The normalized spacial score (nSPS) is 28.2. The molecule has 0 aromatic rings. The number of amidine groups is 1. The van der Waals surface area contributed by atoms with Crippen molar-refractivity contribution in [2.24, 2.45) is 10.7 Å². The number of aliphatic imine (C=N–C) groups is 1. The molecular weight excluding hydrogens is 162 g/mol. The zero-order chi connectivity index (χ0) is 9.42. The molecule has 2 aliphatic rings. The Kier molecular flexibility index (Phi) is 1.96. The SMILES string of the molecule is CC1=CC2=NC([C@@H](C)N)CN2C=C1. The van der Waals surface area contributed by atoms with Crippen molar-refractivity contribution in [3.8, 4) is 0 Å². The van der Waals surface area contributed by atoms with Gasteiger partial charge in [0.2, 0.25) is 0 Å². The first-order valence-electron chi connectivity index (χ1n) is 4.63. The molecule has 3 nitrogen and oxygen atoms in total. The fraction of sp³-hybridized carbons (Fsp3) is 0.500. The van der Waals surface area contributed by atoms with E-state index in [1.54, 1.807) is 0 Å². The minimum absolute atomic E-state index is 0.139. The maximum Gasteiger partial charge on any atom is 0.128 e. The average Bonchev–Trinajstić information content (AvgIpc) is 2.46. The number of nitrogens with zero attached hydrogens (tertiary/aromatic N) is 2. The van der Waals surface area contributed by atoms with Crippen molar-refractivity contribution < 1.29 is 0 Å². The summed E-state index contributed by atoms with van der Waals surface area (Å²) in [5.41, 5.74) is 7.06. The Labute approximate surface area is 78.6 Å². The summed E-state index contributed by atoms with van der Waals surface area (Å²) in [4.78, 5) is 6.70. The summed E-state index contributed by atoms with van der Waals surface area (Å²) in [6, 6.07) is 0.391. The Hall–Kier alpha value is -1.09. The minimum atomic E-state index is 0.139. The Morgan fingerprint density at radius 1 is 1.69 bits per heavy atom. The summed E-state index contributed by atoms with van der Waals surface area (Å²) in [5.74, 6) is 1.06. The number of nitrogens with two attached hydrogens (primary N) is 1. The van der Waals surface area contributed by atoms with Gasteiger partial charge >= 0.3 is 0 Å². The highest BCUT2D eigenvalue weighted by Crippen LogP contribution is 2.17. The molecule has 0 radical (unpaired) electrons. The van der Waals surface area contributed by atoms with Gasteiger partial charge in [-0.15, -0.1) is 0 Å². The van der Waals surface area contributed by atoms with Crippen LogP contribution in [0.1, 0.15) is 13.8 Å². The van der Waals surface area contributed by atoms with Crippen LogP contribution in [0.4, 0.5) is 0 Å². The van der Waals surface area contributed by atoms with Crippen molar-refractivity contribution in [2.75, 3.05) is 6.54 Å². The molecule has 0 fully saturated rings. The van der Waals surface area contributed by atoms with Gasteiger partial charge in [-0.25, -0.2) is 0 Å². The quantitative estimate of drug-likeness (QED) is 0.646. The van der Waals surface area contributed by atoms with Gasteiger partial charge < -0.3 is 10.6 Å². The Bertz CT molecular complexity index is 299. The molecule has 0 saturated carbocycles. The van der Waals surface area contributed by atoms with E-state index < -0.39 is 0 Å². The highest BCUT2D eigenvalue weighted by Gasteiger charge is 2.25. The lowest BCUT2D eigenvalue weighted by molar-refractivity contribution is 0.489. The maximum atomic E-state index is 5.81. The number of allylic oxidation sites excluding steroid dienone is 2. The third kappa shape index (κ3) is 1.52. The van der Waals surface area contributed by atoms with Crippen LogP contribution in [0.15, 0.2) is 28.9 Å². The smallest absolute Gasteiger partial charge is 0.128 e. The zero-order valence-corrected chi connectivity index (χ0v) is 8.07. The van der Waals surface area contributed by atoms with Crippen molar-refractivity contribution in [3.05, 3.63) is 23.9 Å². The molecule has 70 valence electrons. The summed E-state index contributed by atoms with van der Waals surface area (Å²) >= 11 is 0. The van der Waals surface area contributed by atoms with E-state index in [0.717, 1.165) is 12.4 Å². The second-order valence-electron chi connectivity index (χ2n) is 3.77. The first-order chi connectivity index (χ1) is 6.16. The fourth-order valence-electron chi connectivity index (χ4n) is 1.58. The fourth-order valence-corrected chi connectivity index (χ4v) is 1.58. The molecule has 1 unspecified atom stereocenters. The maximum absolute atomic E-state index is 5.81. The summed E-state index contributed by atoms with van der Waals surface area (Å²) < 4.78 is 0. The van der Waals surface area contributed by atoms with Crippen LogP contribution in [0.3, 0.4) is 0 Å². The summed E-state index contributed by atoms with van der Waals surface area (Å²) in [5, 5.41) is 0. The van der Waals surface area contributed by atoms with Crippen molar-refractivity contribution in [2.45, 2.75) is 25.9 Å². The molecule has 0 aliphatic carbocycles. The molecule has 0 aromatic carbocycles. The van der Waals surface area contributed by atoms with E-state index in [-0.39, 0.29) is 12.1 Å². The van der Waals surface area contributed by atoms with Gasteiger partial charge in [-0.3, -0.25) is 4.99 Å². The van der Waals surface area contributed by atoms with E-state index in [9.17, 15) is 0 Å². The molecule has 0 saturated heterocycles. The zero-order valence-electron chi connectivity index (χ0n) is 8.07. The molecule has 2 rings (SSSR count). The second kappa shape index (κ2) is 3.00. The largest absolute Gasteiger partial charge is 0.331 e. The van der Waals surface area contributed by atoms with Crippen LogP contribution in [0, 0.1) is 0 Å². The van der Waals surface area contributed by atoms with E-state index >= 15 is 0 Å². The van der Waals surface area contributed by atoms with Crippen molar-refractivity contribution in [1.82, 2.24) is 4.90 Å². The standard InChI is InChI=1S/C10H15N3/c1-7-3-4-13-6-9(8(2)11)12-10(13)5-7/h3-5,8-9H,6,11H2,1-2H3/t8-,9?/m1/s1. The number of hydrogen-bond donors (Lipinski definition) is 1. The van der Waals surface area contributed by atoms with Crippen molar-refractivity contribution >= 4 is 5.84 Å². The highest BCUT2D eigenvalue weighted by molar-refractivity contribution is 5.97. The molecule has 0 spiro atoms. The highest BCUT2D eigenvalue weighted by atomic mass is 15.2. The van der Waals surface area contributed by atoms with Gasteiger partial charge in [0.05, 0.1) is 6.04 Å². The van der Waals surface area contributed by atoms with Crippen LogP contribution in [0.25, 0.3) is 0 Å². The molecule has 2 aliphatic heterocycles. The molecule has 13 heavy (non-hydrogen) atoms. The van der Waals surface area contributed by atoms with Gasteiger partial charge in [-0.1, -0.05) is 0 Å².